The molecule has 3 aromatic rings. The molecule has 138 valence electrons. The van der Waals surface area contributed by atoms with E-state index in [1.54, 1.807) is 48.0 Å². The molecule has 0 atom stereocenters. The molecule has 7 nitrogen and oxygen atoms in total. The molecule has 3 rings (SSSR count). The molecule has 1 heterocycles. The Morgan fingerprint density at radius 3 is 2.46 bits per heavy atom. The average Bonchev–Trinajstić information content (AvgIpc) is 3.19. The number of nitro benzene ring substituents is 1. The average molecular weight is 390 g/mol. The van der Waals surface area contributed by atoms with Crippen molar-refractivity contribution < 1.29 is 9.72 Å². The van der Waals surface area contributed by atoms with Gasteiger partial charge in [0.2, 0.25) is 0 Å². The molecule has 0 spiro atoms. The van der Waals surface area contributed by atoms with Crippen LogP contribution < -0.4 is 5.32 Å². The minimum absolute atomic E-state index is 0.0109. The lowest BCUT2D eigenvalue weighted by molar-refractivity contribution is -0.384. The number of nitrogens with one attached hydrogen (secondary N) is 1. The van der Waals surface area contributed by atoms with Crippen molar-refractivity contribution in [1.29, 1.82) is 5.26 Å². The molecule has 0 unspecified atom stereocenters. The maximum absolute atomic E-state index is 11.3. The number of anilines is 1. The zero-order valence-corrected chi connectivity index (χ0v) is 15.6. The predicted molar refractivity (Wildman–Crippen MR) is 108 cm³/mol. The van der Waals surface area contributed by atoms with Crippen LogP contribution in [-0.2, 0) is 0 Å². The maximum atomic E-state index is 11.3. The molecule has 0 radical (unpaired) electrons. The summed E-state index contributed by atoms with van der Waals surface area (Å²) < 4.78 is 0. The molecule has 1 N–H and O–H groups in total. The fourth-order valence-electron chi connectivity index (χ4n) is 2.38. The van der Waals surface area contributed by atoms with Crippen LogP contribution in [0.15, 0.2) is 60.1 Å². The lowest BCUT2D eigenvalue weighted by atomic mass is 10.1. The first-order chi connectivity index (χ1) is 13.5. The van der Waals surface area contributed by atoms with Crippen LogP contribution in [0, 0.1) is 21.4 Å². The number of rotatable bonds is 6. The highest BCUT2D eigenvalue weighted by Gasteiger charge is 2.11. The largest absolute Gasteiger partial charge is 0.360 e. The van der Waals surface area contributed by atoms with Crippen molar-refractivity contribution in [2.45, 2.75) is 6.92 Å². The third-order valence-electron chi connectivity index (χ3n) is 3.90. The van der Waals surface area contributed by atoms with Gasteiger partial charge in [0, 0.05) is 40.5 Å². The van der Waals surface area contributed by atoms with Gasteiger partial charge in [-0.1, -0.05) is 0 Å². The summed E-state index contributed by atoms with van der Waals surface area (Å²) >= 11 is 1.31. The van der Waals surface area contributed by atoms with Gasteiger partial charge in [-0.3, -0.25) is 14.9 Å². The first-order valence-corrected chi connectivity index (χ1v) is 9.04. The number of Topliss-reactive ketones (excluding diaryl/α,β-unsaturated/α-hetero) is 1. The number of nitriles is 1. The highest BCUT2D eigenvalue weighted by atomic mass is 32.1. The Morgan fingerprint density at radius 1 is 1.21 bits per heavy atom. The van der Waals surface area contributed by atoms with Crippen LogP contribution >= 0.6 is 11.3 Å². The number of allylic oxidation sites excluding steroid dienone is 1. The molecule has 0 saturated heterocycles. The summed E-state index contributed by atoms with van der Waals surface area (Å²) in [6.07, 6.45) is 1.56. The van der Waals surface area contributed by atoms with Gasteiger partial charge in [0.1, 0.15) is 16.6 Å². The molecule has 0 aliphatic carbocycles. The Kier molecular flexibility index (Phi) is 5.58. The highest BCUT2D eigenvalue weighted by molar-refractivity contribution is 7.11. The lowest BCUT2D eigenvalue weighted by Crippen LogP contribution is -1.94. The number of hydrogen-bond acceptors (Lipinski definition) is 7. The van der Waals surface area contributed by atoms with Crippen molar-refractivity contribution in [1.82, 2.24) is 4.98 Å². The Morgan fingerprint density at radius 2 is 1.89 bits per heavy atom. The SMILES string of the molecule is CC(=O)c1ccc(NC=C(C#N)c2nc(-c3ccc([N+](=O)[O-])cc3)cs2)cc1. The molecule has 0 aliphatic rings. The summed E-state index contributed by atoms with van der Waals surface area (Å²) in [4.78, 5) is 26.0. The normalized spacial score (nSPS) is 10.9. The standard InChI is InChI=1S/C20H14N4O3S/c1-13(25)14-2-6-17(7-3-14)22-11-16(10-21)20-23-19(12-28-20)15-4-8-18(9-5-15)24(26)27/h2-9,11-12,22H,1H3. The smallest absolute Gasteiger partial charge is 0.269 e. The minimum atomic E-state index is -0.457. The Balaban J connectivity index is 1.78. The number of hydrogen-bond donors (Lipinski definition) is 1. The number of aromatic nitrogens is 1. The molecule has 0 saturated carbocycles. The molecule has 1 aromatic heterocycles. The summed E-state index contributed by atoms with van der Waals surface area (Å²) in [5.74, 6) is -0.0126. The van der Waals surface area contributed by atoms with Crippen LogP contribution in [0.25, 0.3) is 16.8 Å². The zero-order valence-electron chi connectivity index (χ0n) is 14.7. The predicted octanol–water partition coefficient (Wildman–Crippen LogP) is 4.90. The maximum Gasteiger partial charge on any atom is 0.269 e. The second-order valence-corrected chi connectivity index (χ2v) is 6.65. The highest BCUT2D eigenvalue weighted by Crippen LogP contribution is 2.27. The van der Waals surface area contributed by atoms with Gasteiger partial charge >= 0.3 is 0 Å². The number of nitrogens with zero attached hydrogens (tertiary/aromatic N) is 3. The van der Waals surface area contributed by atoms with Crippen LogP contribution in [0.3, 0.4) is 0 Å². The third-order valence-corrected chi connectivity index (χ3v) is 4.78. The molecular formula is C20H14N4O3S. The van der Waals surface area contributed by atoms with Crippen molar-refractivity contribution in [2.75, 3.05) is 5.32 Å². The van der Waals surface area contributed by atoms with Crippen LogP contribution in [0.2, 0.25) is 0 Å². The van der Waals surface area contributed by atoms with E-state index in [0.717, 1.165) is 11.3 Å². The van der Waals surface area contributed by atoms with Gasteiger partial charge in [0.15, 0.2) is 5.78 Å². The second kappa shape index (κ2) is 8.24. The van der Waals surface area contributed by atoms with E-state index >= 15 is 0 Å². The van der Waals surface area contributed by atoms with Crippen LogP contribution in [-0.4, -0.2) is 15.7 Å². The van der Waals surface area contributed by atoms with Gasteiger partial charge in [-0.25, -0.2) is 4.98 Å². The number of non-ortho nitro benzene ring substituents is 1. The summed E-state index contributed by atoms with van der Waals surface area (Å²) in [6.45, 7) is 1.50. The third kappa shape index (κ3) is 4.28. The van der Waals surface area contributed by atoms with Gasteiger partial charge in [-0.2, -0.15) is 5.26 Å². The summed E-state index contributed by atoms with van der Waals surface area (Å²) in [7, 11) is 0. The topological polar surface area (TPSA) is 109 Å². The van der Waals surface area contributed by atoms with Crippen LogP contribution in [0.4, 0.5) is 11.4 Å². The van der Waals surface area contributed by atoms with Crippen molar-refractivity contribution in [2.24, 2.45) is 0 Å². The Bertz CT molecular complexity index is 1090. The number of ketones is 1. The van der Waals surface area contributed by atoms with E-state index in [1.807, 2.05) is 0 Å². The summed E-state index contributed by atoms with van der Waals surface area (Å²) in [6, 6.07) is 15.1. The number of carbonyl (C=O) groups is 1. The quantitative estimate of drug-likeness (QED) is 0.277. The second-order valence-electron chi connectivity index (χ2n) is 5.79. The minimum Gasteiger partial charge on any atom is -0.360 e. The molecular weight excluding hydrogens is 376 g/mol. The number of nitro groups is 1. The number of carbonyl (C=O) groups excluding carboxylic acids is 1. The first kappa shape index (κ1) is 18.9. The Hall–Kier alpha value is -3.83. The summed E-state index contributed by atoms with van der Waals surface area (Å²) in [5, 5.41) is 25.5. The van der Waals surface area contributed by atoms with E-state index < -0.39 is 4.92 Å². The Labute approximate surface area is 164 Å². The number of benzene rings is 2. The van der Waals surface area contributed by atoms with Crippen molar-refractivity contribution in [3.05, 3.63) is 80.8 Å². The van der Waals surface area contributed by atoms with E-state index in [-0.39, 0.29) is 11.5 Å². The van der Waals surface area contributed by atoms with Crippen molar-refractivity contribution >= 4 is 34.1 Å². The molecule has 8 heteroatoms. The van der Waals surface area contributed by atoms with E-state index in [2.05, 4.69) is 16.4 Å². The lowest BCUT2D eigenvalue weighted by Gasteiger charge is -2.02. The van der Waals surface area contributed by atoms with Crippen LogP contribution in [0.5, 0.6) is 0 Å². The molecule has 2 aromatic carbocycles. The van der Waals surface area contributed by atoms with Gasteiger partial charge in [-0.15, -0.1) is 11.3 Å². The summed E-state index contributed by atoms with van der Waals surface area (Å²) in [5.41, 5.74) is 3.10. The van der Waals surface area contributed by atoms with Crippen molar-refractivity contribution in [3.8, 4) is 17.3 Å². The molecule has 0 aliphatic heterocycles. The van der Waals surface area contributed by atoms with E-state index in [9.17, 15) is 20.2 Å². The fourth-order valence-corrected chi connectivity index (χ4v) is 3.18. The van der Waals surface area contributed by atoms with E-state index in [0.29, 0.717) is 21.8 Å². The van der Waals surface area contributed by atoms with Gasteiger partial charge in [-0.05, 0) is 43.3 Å². The van der Waals surface area contributed by atoms with Gasteiger partial charge in [0.05, 0.1) is 10.6 Å². The van der Waals surface area contributed by atoms with E-state index in [4.69, 9.17) is 0 Å². The van der Waals surface area contributed by atoms with Gasteiger partial charge in [0.25, 0.3) is 5.69 Å². The number of thiazole rings is 1. The molecule has 28 heavy (non-hydrogen) atoms. The molecule has 0 bridgehead atoms. The zero-order chi connectivity index (χ0) is 20.1. The molecule has 0 fully saturated rings. The van der Waals surface area contributed by atoms with E-state index in [1.165, 1.54) is 30.4 Å². The van der Waals surface area contributed by atoms with Gasteiger partial charge < -0.3 is 5.32 Å². The van der Waals surface area contributed by atoms with Crippen molar-refractivity contribution in [3.63, 3.8) is 0 Å². The monoisotopic (exact) mass is 390 g/mol. The first-order valence-electron chi connectivity index (χ1n) is 8.16. The fraction of sp³-hybridized carbons (Fsp3) is 0.0500. The van der Waals surface area contributed by atoms with Crippen LogP contribution in [0.1, 0.15) is 22.3 Å². The molecule has 0 amide bonds.